The van der Waals surface area contributed by atoms with Crippen LogP contribution in [0.2, 0.25) is 0 Å². The summed E-state index contributed by atoms with van der Waals surface area (Å²) in [5, 5.41) is 3.02. The fraction of sp³-hybridized carbons (Fsp3) is 0.727. The Balaban J connectivity index is 3.94. The molecule has 0 saturated carbocycles. The Kier molecular flexibility index (Phi) is 7.12. The Morgan fingerprint density at radius 2 is 2.00 bits per heavy atom. The molecule has 18 heavy (non-hydrogen) atoms. The van der Waals surface area contributed by atoms with Crippen molar-refractivity contribution in [2.45, 2.75) is 26.3 Å². The summed E-state index contributed by atoms with van der Waals surface area (Å²) in [6.07, 6.45) is 4.09. The third kappa shape index (κ3) is 10.2. The minimum absolute atomic E-state index is 0.349. The number of hydrogen-bond acceptors (Lipinski definition) is 5. The van der Waals surface area contributed by atoms with Crippen molar-refractivity contribution in [1.82, 2.24) is 10.0 Å². The van der Waals surface area contributed by atoms with Crippen molar-refractivity contribution >= 4 is 16.0 Å². The minimum atomic E-state index is -3.23. The average Bonchev–Trinajstić information content (AvgIpc) is 2.13. The molecule has 6 nitrogen and oxygen atoms in total. The Hall–Kier alpha value is -0.920. The summed E-state index contributed by atoms with van der Waals surface area (Å²) in [5.41, 5.74) is -0.578. The van der Waals surface area contributed by atoms with Gasteiger partial charge in [0, 0.05) is 24.7 Å². The predicted molar refractivity (Wildman–Crippen MR) is 70.7 cm³/mol. The maximum atomic E-state index is 11.1. The van der Waals surface area contributed by atoms with E-state index in [1.807, 2.05) is 0 Å². The normalized spacial score (nSPS) is 12.9. The monoisotopic (exact) mass is 278 g/mol. The highest BCUT2D eigenvalue weighted by atomic mass is 32.2. The maximum absolute atomic E-state index is 11.1. The quantitative estimate of drug-likeness (QED) is 0.371. The summed E-state index contributed by atoms with van der Waals surface area (Å²) in [7, 11) is -3.23. The van der Waals surface area contributed by atoms with Crippen LogP contribution in [0.4, 0.5) is 0 Å². The van der Waals surface area contributed by atoms with Crippen LogP contribution in [0, 0.1) is 0 Å². The van der Waals surface area contributed by atoms with Crippen molar-refractivity contribution in [3.63, 3.8) is 0 Å². The van der Waals surface area contributed by atoms with E-state index in [9.17, 15) is 13.2 Å². The van der Waals surface area contributed by atoms with Crippen LogP contribution in [0.15, 0.2) is 12.2 Å². The first-order chi connectivity index (χ1) is 8.16. The number of nitrogens with one attached hydrogen (secondary N) is 2. The summed E-state index contributed by atoms with van der Waals surface area (Å²) in [6, 6.07) is 0. The lowest BCUT2D eigenvalue weighted by Crippen LogP contribution is -2.49. The molecule has 0 bridgehead atoms. The third-order valence-electron chi connectivity index (χ3n) is 1.83. The van der Waals surface area contributed by atoms with Crippen molar-refractivity contribution < 1.29 is 17.9 Å². The first kappa shape index (κ1) is 17.1. The number of carbonyl (C=O) groups excluding carboxylic acids is 1. The lowest BCUT2D eigenvalue weighted by Gasteiger charge is -2.25. The second-order valence-corrected chi connectivity index (χ2v) is 6.29. The number of hydrogen-bond donors (Lipinski definition) is 2. The molecule has 0 aromatic heterocycles. The molecule has 0 atom stereocenters. The van der Waals surface area contributed by atoms with E-state index in [4.69, 9.17) is 4.74 Å². The molecular weight excluding hydrogens is 256 g/mol. The SMILES string of the molecule is CCOC(=O)/C=C/CNCC(C)(C)NS(C)(=O)=O. The van der Waals surface area contributed by atoms with E-state index in [1.54, 1.807) is 26.8 Å². The molecule has 0 rings (SSSR count). The Morgan fingerprint density at radius 3 is 2.50 bits per heavy atom. The lowest BCUT2D eigenvalue weighted by molar-refractivity contribution is -0.137. The van der Waals surface area contributed by atoms with E-state index in [0.717, 1.165) is 6.26 Å². The highest BCUT2D eigenvalue weighted by Crippen LogP contribution is 2.01. The summed E-state index contributed by atoms with van der Waals surface area (Å²) in [6.45, 7) is 6.55. The number of esters is 1. The van der Waals surface area contributed by atoms with Gasteiger partial charge >= 0.3 is 5.97 Å². The van der Waals surface area contributed by atoms with Gasteiger partial charge in [-0.25, -0.2) is 17.9 Å². The fourth-order valence-electron chi connectivity index (χ4n) is 1.35. The second kappa shape index (κ2) is 7.50. The first-order valence-electron chi connectivity index (χ1n) is 5.69. The summed E-state index contributed by atoms with van der Waals surface area (Å²) in [4.78, 5) is 11.0. The molecule has 0 aromatic carbocycles. The Morgan fingerprint density at radius 1 is 1.39 bits per heavy atom. The molecule has 0 spiro atoms. The highest BCUT2D eigenvalue weighted by Gasteiger charge is 2.20. The zero-order valence-corrected chi connectivity index (χ0v) is 12.1. The number of ether oxygens (including phenoxy) is 1. The number of carbonyl (C=O) groups is 1. The van der Waals surface area contributed by atoms with E-state index in [-0.39, 0.29) is 5.97 Å². The van der Waals surface area contributed by atoms with Gasteiger partial charge in [0.15, 0.2) is 0 Å². The molecule has 2 N–H and O–H groups in total. The van der Waals surface area contributed by atoms with Gasteiger partial charge in [-0.3, -0.25) is 0 Å². The fourth-order valence-corrected chi connectivity index (χ4v) is 2.43. The van der Waals surface area contributed by atoms with Crippen molar-refractivity contribution in [3.8, 4) is 0 Å². The van der Waals surface area contributed by atoms with E-state index in [1.165, 1.54) is 6.08 Å². The molecule has 0 heterocycles. The van der Waals surface area contributed by atoms with Crippen LogP contribution in [0.5, 0.6) is 0 Å². The number of rotatable bonds is 8. The van der Waals surface area contributed by atoms with Crippen molar-refractivity contribution in [2.24, 2.45) is 0 Å². The molecule has 0 aliphatic rings. The van der Waals surface area contributed by atoms with Crippen LogP contribution >= 0.6 is 0 Å². The van der Waals surface area contributed by atoms with Gasteiger partial charge in [-0.1, -0.05) is 6.08 Å². The predicted octanol–water partition coefficient (Wildman–Crippen LogP) is 0.0231. The lowest BCUT2D eigenvalue weighted by atomic mass is 10.1. The number of sulfonamides is 1. The topological polar surface area (TPSA) is 84.5 Å². The molecule has 0 aliphatic heterocycles. The molecule has 0 unspecified atom stereocenters. The average molecular weight is 278 g/mol. The minimum Gasteiger partial charge on any atom is -0.463 e. The van der Waals surface area contributed by atoms with E-state index < -0.39 is 15.6 Å². The maximum Gasteiger partial charge on any atom is 0.330 e. The standard InChI is InChI=1S/C11H22N2O4S/c1-5-17-10(14)7-6-8-12-9-11(2,3)13-18(4,15)16/h6-7,12-13H,5,8-9H2,1-4H3/b7-6+. The van der Waals surface area contributed by atoms with Gasteiger partial charge in [0.2, 0.25) is 10.0 Å². The molecule has 0 saturated heterocycles. The van der Waals surface area contributed by atoms with Gasteiger partial charge < -0.3 is 10.1 Å². The smallest absolute Gasteiger partial charge is 0.330 e. The molecule has 0 radical (unpaired) electrons. The van der Waals surface area contributed by atoms with Crippen LogP contribution < -0.4 is 10.0 Å². The van der Waals surface area contributed by atoms with Crippen LogP contribution in [-0.2, 0) is 19.6 Å². The summed E-state index contributed by atoms with van der Waals surface area (Å²) < 4.78 is 29.4. The van der Waals surface area contributed by atoms with Crippen LogP contribution in [0.25, 0.3) is 0 Å². The van der Waals surface area contributed by atoms with Gasteiger partial charge in [0.1, 0.15) is 0 Å². The second-order valence-electron chi connectivity index (χ2n) is 4.54. The van der Waals surface area contributed by atoms with Crippen molar-refractivity contribution in [2.75, 3.05) is 26.0 Å². The van der Waals surface area contributed by atoms with Gasteiger partial charge in [-0.15, -0.1) is 0 Å². The van der Waals surface area contributed by atoms with Gasteiger partial charge in [0.05, 0.1) is 12.9 Å². The Bertz CT molecular complexity index is 388. The summed E-state index contributed by atoms with van der Waals surface area (Å²) in [5.74, 6) is -0.382. The zero-order valence-electron chi connectivity index (χ0n) is 11.3. The van der Waals surface area contributed by atoms with Gasteiger partial charge in [-0.2, -0.15) is 0 Å². The van der Waals surface area contributed by atoms with Crippen molar-refractivity contribution in [3.05, 3.63) is 12.2 Å². The van der Waals surface area contributed by atoms with Gasteiger partial charge in [-0.05, 0) is 20.8 Å². The molecular formula is C11H22N2O4S. The first-order valence-corrected chi connectivity index (χ1v) is 7.58. The molecule has 0 aliphatic carbocycles. The zero-order chi connectivity index (χ0) is 14.2. The third-order valence-corrected chi connectivity index (χ3v) is 2.75. The largest absolute Gasteiger partial charge is 0.463 e. The van der Waals surface area contributed by atoms with Crippen LogP contribution in [0.1, 0.15) is 20.8 Å². The summed E-state index contributed by atoms with van der Waals surface area (Å²) >= 11 is 0. The van der Waals surface area contributed by atoms with E-state index in [2.05, 4.69) is 10.0 Å². The van der Waals surface area contributed by atoms with E-state index >= 15 is 0 Å². The van der Waals surface area contributed by atoms with Gasteiger partial charge in [0.25, 0.3) is 0 Å². The highest BCUT2D eigenvalue weighted by molar-refractivity contribution is 7.88. The molecule has 0 fully saturated rings. The molecule has 0 amide bonds. The van der Waals surface area contributed by atoms with Crippen LogP contribution in [-0.4, -0.2) is 45.9 Å². The van der Waals surface area contributed by atoms with Crippen molar-refractivity contribution in [1.29, 1.82) is 0 Å². The van der Waals surface area contributed by atoms with Crippen LogP contribution in [0.3, 0.4) is 0 Å². The molecule has 7 heteroatoms. The molecule has 106 valence electrons. The molecule has 0 aromatic rings. The Labute approximate surface area is 109 Å². The van der Waals surface area contributed by atoms with E-state index in [0.29, 0.717) is 19.7 Å².